The summed E-state index contributed by atoms with van der Waals surface area (Å²) in [6.45, 7) is 6.55. The molecule has 0 spiro atoms. The normalized spacial score (nSPS) is 10.8. The van der Waals surface area contributed by atoms with Gasteiger partial charge in [0.1, 0.15) is 12.4 Å². The van der Waals surface area contributed by atoms with Crippen LogP contribution >= 0.6 is 27.5 Å². The summed E-state index contributed by atoms with van der Waals surface area (Å²) >= 11 is 9.67. The van der Waals surface area contributed by atoms with Gasteiger partial charge < -0.3 is 20.1 Å². The van der Waals surface area contributed by atoms with E-state index in [9.17, 15) is 9.18 Å². The summed E-state index contributed by atoms with van der Waals surface area (Å²) in [5, 5.41) is 6.54. The molecule has 0 aliphatic rings. The standard InChI is InChI=1S/C26H27BrClFN2O3/c1-4-33-24-13-17(14-30-18-8-10-19(11-9-18)31-26(32)16(2)3)12-21(27)25(24)34-15-20-22(28)6-5-7-23(20)29/h5-13,16,30H,4,14-15H2,1-3H3,(H,31,32). The number of carbonyl (C=O) groups is 1. The molecule has 0 saturated heterocycles. The van der Waals surface area contributed by atoms with Crippen LogP contribution in [0.25, 0.3) is 0 Å². The maximum absolute atomic E-state index is 14.1. The highest BCUT2D eigenvalue weighted by atomic mass is 79.9. The van der Waals surface area contributed by atoms with Crippen LogP contribution < -0.4 is 20.1 Å². The van der Waals surface area contributed by atoms with Crippen molar-refractivity contribution in [3.8, 4) is 11.5 Å². The summed E-state index contributed by atoms with van der Waals surface area (Å²) in [6.07, 6.45) is 0. The molecule has 3 aromatic rings. The monoisotopic (exact) mass is 548 g/mol. The predicted octanol–water partition coefficient (Wildman–Crippen LogP) is 7.43. The quantitative estimate of drug-likeness (QED) is 0.276. The van der Waals surface area contributed by atoms with Crippen LogP contribution in [0.3, 0.4) is 0 Å². The van der Waals surface area contributed by atoms with Crippen LogP contribution in [0.15, 0.2) is 59.1 Å². The zero-order chi connectivity index (χ0) is 24.7. The van der Waals surface area contributed by atoms with Crippen molar-refractivity contribution in [1.82, 2.24) is 0 Å². The molecule has 0 aromatic heterocycles. The largest absolute Gasteiger partial charge is 0.490 e. The summed E-state index contributed by atoms with van der Waals surface area (Å²) in [5.74, 6) is 0.514. The topological polar surface area (TPSA) is 59.6 Å². The minimum absolute atomic E-state index is 0.0198. The Balaban J connectivity index is 1.69. The molecule has 2 N–H and O–H groups in total. The van der Waals surface area contributed by atoms with Gasteiger partial charge in [-0.2, -0.15) is 0 Å². The smallest absolute Gasteiger partial charge is 0.226 e. The van der Waals surface area contributed by atoms with Crippen molar-refractivity contribution >= 4 is 44.8 Å². The SMILES string of the molecule is CCOc1cc(CNc2ccc(NC(=O)C(C)C)cc2)cc(Br)c1OCc1c(F)cccc1Cl. The first-order chi connectivity index (χ1) is 16.3. The number of ether oxygens (including phenoxy) is 2. The molecule has 3 aromatic carbocycles. The summed E-state index contributed by atoms with van der Waals surface area (Å²) in [4.78, 5) is 11.8. The summed E-state index contributed by atoms with van der Waals surface area (Å²) in [5.41, 5.74) is 2.91. The van der Waals surface area contributed by atoms with Crippen molar-refractivity contribution in [2.75, 3.05) is 17.2 Å². The molecule has 0 aliphatic heterocycles. The fraction of sp³-hybridized carbons (Fsp3) is 0.269. The highest BCUT2D eigenvalue weighted by Gasteiger charge is 2.15. The Morgan fingerprint density at radius 2 is 1.79 bits per heavy atom. The van der Waals surface area contributed by atoms with Gasteiger partial charge in [0.25, 0.3) is 0 Å². The molecule has 3 rings (SSSR count). The zero-order valence-electron chi connectivity index (χ0n) is 19.3. The molecular weight excluding hydrogens is 523 g/mol. The second-order valence-corrected chi connectivity index (χ2v) is 9.16. The van der Waals surface area contributed by atoms with Gasteiger partial charge in [0, 0.05) is 29.4 Å². The van der Waals surface area contributed by atoms with Gasteiger partial charge in [-0.3, -0.25) is 4.79 Å². The molecule has 180 valence electrons. The molecule has 0 aliphatic carbocycles. The molecule has 0 atom stereocenters. The first-order valence-corrected chi connectivity index (χ1v) is 12.1. The first-order valence-electron chi connectivity index (χ1n) is 10.9. The molecule has 0 bridgehead atoms. The lowest BCUT2D eigenvalue weighted by molar-refractivity contribution is -0.118. The average Bonchev–Trinajstić information content (AvgIpc) is 2.79. The number of rotatable bonds is 10. The van der Waals surface area contributed by atoms with Crippen LogP contribution in [0.2, 0.25) is 5.02 Å². The predicted molar refractivity (Wildman–Crippen MR) is 138 cm³/mol. The number of anilines is 2. The summed E-state index contributed by atoms with van der Waals surface area (Å²) in [7, 11) is 0. The van der Waals surface area contributed by atoms with Crippen molar-refractivity contribution < 1.29 is 18.7 Å². The van der Waals surface area contributed by atoms with E-state index in [1.165, 1.54) is 6.07 Å². The molecule has 5 nitrogen and oxygen atoms in total. The lowest BCUT2D eigenvalue weighted by Gasteiger charge is -2.17. The van der Waals surface area contributed by atoms with E-state index in [4.69, 9.17) is 21.1 Å². The van der Waals surface area contributed by atoms with E-state index in [-0.39, 0.29) is 24.0 Å². The molecule has 0 unspecified atom stereocenters. The number of nitrogens with one attached hydrogen (secondary N) is 2. The lowest BCUT2D eigenvalue weighted by Crippen LogP contribution is -2.17. The van der Waals surface area contributed by atoms with Gasteiger partial charge in [-0.15, -0.1) is 0 Å². The van der Waals surface area contributed by atoms with Gasteiger partial charge >= 0.3 is 0 Å². The molecule has 34 heavy (non-hydrogen) atoms. The third-order valence-corrected chi connectivity index (χ3v) is 5.91. The van der Waals surface area contributed by atoms with Gasteiger partial charge in [-0.25, -0.2) is 4.39 Å². The van der Waals surface area contributed by atoms with Crippen LogP contribution in [0.5, 0.6) is 11.5 Å². The first kappa shape index (κ1) is 25.8. The fourth-order valence-corrected chi connectivity index (χ4v) is 3.92. The zero-order valence-corrected chi connectivity index (χ0v) is 21.6. The minimum Gasteiger partial charge on any atom is -0.490 e. The summed E-state index contributed by atoms with van der Waals surface area (Å²) < 4.78 is 26.5. The second-order valence-electron chi connectivity index (χ2n) is 7.90. The molecule has 1 amide bonds. The van der Waals surface area contributed by atoms with Gasteiger partial charge in [0.15, 0.2) is 11.5 Å². The van der Waals surface area contributed by atoms with Crippen LogP contribution in [0.4, 0.5) is 15.8 Å². The second kappa shape index (κ2) is 12.1. The Kier molecular flexibility index (Phi) is 9.19. The van der Waals surface area contributed by atoms with E-state index in [0.717, 1.165) is 16.9 Å². The summed E-state index contributed by atoms with van der Waals surface area (Å²) in [6, 6.07) is 15.9. The number of hydrogen-bond donors (Lipinski definition) is 2. The Morgan fingerprint density at radius 3 is 2.44 bits per heavy atom. The van der Waals surface area contributed by atoms with E-state index >= 15 is 0 Å². The molecule has 0 heterocycles. The van der Waals surface area contributed by atoms with Gasteiger partial charge in [0.2, 0.25) is 5.91 Å². The van der Waals surface area contributed by atoms with Crippen molar-refractivity contribution in [2.24, 2.45) is 5.92 Å². The van der Waals surface area contributed by atoms with Crippen molar-refractivity contribution in [3.63, 3.8) is 0 Å². The number of carbonyl (C=O) groups excluding carboxylic acids is 1. The number of halogens is 3. The molecule has 0 fully saturated rings. The Morgan fingerprint density at radius 1 is 1.09 bits per heavy atom. The molecular formula is C26H27BrClFN2O3. The third kappa shape index (κ3) is 6.87. The fourth-order valence-electron chi connectivity index (χ4n) is 3.10. The molecule has 0 radical (unpaired) electrons. The minimum atomic E-state index is -0.419. The maximum atomic E-state index is 14.1. The number of benzene rings is 3. The Bertz CT molecular complexity index is 1120. The lowest BCUT2D eigenvalue weighted by atomic mass is 10.1. The maximum Gasteiger partial charge on any atom is 0.226 e. The Hall–Kier alpha value is -2.77. The Labute approximate surface area is 212 Å². The van der Waals surface area contributed by atoms with Crippen LogP contribution in [-0.2, 0) is 17.9 Å². The van der Waals surface area contributed by atoms with E-state index in [0.29, 0.717) is 34.1 Å². The van der Waals surface area contributed by atoms with Crippen LogP contribution in [-0.4, -0.2) is 12.5 Å². The van der Waals surface area contributed by atoms with E-state index in [2.05, 4.69) is 26.6 Å². The number of amides is 1. The highest BCUT2D eigenvalue weighted by molar-refractivity contribution is 9.10. The van der Waals surface area contributed by atoms with E-state index < -0.39 is 5.82 Å². The molecule has 0 saturated carbocycles. The third-order valence-electron chi connectivity index (χ3n) is 4.97. The highest BCUT2D eigenvalue weighted by Crippen LogP contribution is 2.38. The van der Waals surface area contributed by atoms with Gasteiger partial charge in [-0.1, -0.05) is 31.5 Å². The van der Waals surface area contributed by atoms with E-state index in [1.807, 2.05) is 57.2 Å². The van der Waals surface area contributed by atoms with Crippen LogP contribution in [0, 0.1) is 11.7 Å². The van der Waals surface area contributed by atoms with Gasteiger partial charge in [0.05, 0.1) is 16.1 Å². The average molecular weight is 550 g/mol. The van der Waals surface area contributed by atoms with Crippen molar-refractivity contribution in [3.05, 3.63) is 81.0 Å². The van der Waals surface area contributed by atoms with Crippen LogP contribution in [0.1, 0.15) is 31.9 Å². The van der Waals surface area contributed by atoms with Crippen molar-refractivity contribution in [1.29, 1.82) is 0 Å². The number of hydrogen-bond acceptors (Lipinski definition) is 4. The molecule has 8 heteroatoms. The van der Waals surface area contributed by atoms with Crippen molar-refractivity contribution in [2.45, 2.75) is 33.9 Å². The van der Waals surface area contributed by atoms with Gasteiger partial charge in [-0.05, 0) is 76.9 Å². The van der Waals surface area contributed by atoms with E-state index in [1.54, 1.807) is 12.1 Å².